The van der Waals surface area contributed by atoms with Gasteiger partial charge >= 0.3 is 0 Å². The van der Waals surface area contributed by atoms with Gasteiger partial charge in [0.1, 0.15) is 17.1 Å². The lowest BCUT2D eigenvalue weighted by Crippen LogP contribution is -2.24. The second-order valence-electron chi connectivity index (χ2n) is 4.85. The Morgan fingerprint density at radius 1 is 1.26 bits per heavy atom. The van der Waals surface area contributed by atoms with E-state index in [1.807, 2.05) is 22.6 Å². The van der Waals surface area contributed by atoms with Crippen LogP contribution in [0.3, 0.4) is 0 Å². The van der Waals surface area contributed by atoms with E-state index in [9.17, 15) is 4.79 Å². The molecule has 1 N–H and O–H groups in total. The first-order chi connectivity index (χ1) is 11.3. The Kier molecular flexibility index (Phi) is 3.51. The van der Waals surface area contributed by atoms with Crippen LogP contribution in [-0.4, -0.2) is 26.3 Å². The zero-order valence-electron chi connectivity index (χ0n) is 11.9. The highest BCUT2D eigenvalue weighted by atomic mass is 32.2. The van der Waals surface area contributed by atoms with Gasteiger partial charge in [0.2, 0.25) is 5.91 Å². The predicted molar refractivity (Wildman–Crippen MR) is 84.0 cm³/mol. The molecule has 116 valence electrons. The summed E-state index contributed by atoms with van der Waals surface area (Å²) in [5, 5.41) is 11.6. The van der Waals surface area contributed by atoms with Crippen LogP contribution >= 0.6 is 11.8 Å². The van der Waals surface area contributed by atoms with Crippen molar-refractivity contribution in [2.24, 2.45) is 0 Å². The van der Waals surface area contributed by atoms with Gasteiger partial charge in [0.15, 0.2) is 5.58 Å². The van der Waals surface area contributed by atoms with Gasteiger partial charge in [-0.3, -0.25) is 9.20 Å². The fourth-order valence-electron chi connectivity index (χ4n) is 2.30. The SMILES string of the molecule is O=C(CSc1nncn2c1cc1occc12)NCc1ccco1. The van der Waals surface area contributed by atoms with Crippen LogP contribution in [0.1, 0.15) is 5.76 Å². The Morgan fingerprint density at radius 3 is 3.09 bits per heavy atom. The summed E-state index contributed by atoms with van der Waals surface area (Å²) in [6.45, 7) is 0.375. The van der Waals surface area contributed by atoms with Crippen LogP contribution in [0.5, 0.6) is 0 Å². The topological polar surface area (TPSA) is 85.6 Å². The second-order valence-corrected chi connectivity index (χ2v) is 5.81. The Bertz CT molecular complexity index is 958. The van der Waals surface area contributed by atoms with Crippen LogP contribution in [0, 0.1) is 0 Å². The van der Waals surface area contributed by atoms with Gasteiger partial charge in [0, 0.05) is 12.1 Å². The van der Waals surface area contributed by atoms with Crippen LogP contribution in [-0.2, 0) is 11.3 Å². The molecule has 7 nitrogen and oxygen atoms in total. The minimum atomic E-state index is -0.0922. The lowest BCUT2D eigenvalue weighted by Gasteiger charge is -2.04. The molecule has 4 aromatic rings. The quantitative estimate of drug-likeness (QED) is 0.567. The van der Waals surface area contributed by atoms with E-state index in [0.717, 1.165) is 22.4 Å². The van der Waals surface area contributed by atoms with Crippen molar-refractivity contribution in [3.63, 3.8) is 0 Å². The standard InChI is InChI=1S/C15H12N4O3S/c20-14(16-7-10-2-1-4-21-10)8-23-15-12-6-13-11(3-5-22-13)19(12)9-17-18-15/h1-6,9H,7-8H2,(H,16,20). The van der Waals surface area contributed by atoms with Gasteiger partial charge in [-0.1, -0.05) is 11.8 Å². The lowest BCUT2D eigenvalue weighted by atomic mass is 10.4. The van der Waals surface area contributed by atoms with Crippen LogP contribution < -0.4 is 5.32 Å². The first-order valence-electron chi connectivity index (χ1n) is 6.93. The van der Waals surface area contributed by atoms with E-state index in [4.69, 9.17) is 8.83 Å². The average Bonchev–Trinajstić information content (AvgIpc) is 3.27. The molecule has 4 rings (SSSR count). The highest BCUT2D eigenvalue weighted by Crippen LogP contribution is 2.27. The Balaban J connectivity index is 1.46. The van der Waals surface area contributed by atoms with Crippen molar-refractivity contribution < 1.29 is 13.6 Å². The van der Waals surface area contributed by atoms with Gasteiger partial charge in [-0.25, -0.2) is 0 Å². The molecule has 8 heteroatoms. The normalized spacial score (nSPS) is 11.3. The summed E-state index contributed by atoms with van der Waals surface area (Å²) in [6, 6.07) is 7.37. The summed E-state index contributed by atoms with van der Waals surface area (Å²) < 4.78 is 12.5. The summed E-state index contributed by atoms with van der Waals surface area (Å²) in [4.78, 5) is 11.9. The van der Waals surface area contributed by atoms with E-state index in [-0.39, 0.29) is 11.7 Å². The molecule has 0 aliphatic rings. The number of fused-ring (bicyclic) bond motifs is 3. The first-order valence-corrected chi connectivity index (χ1v) is 7.91. The summed E-state index contributed by atoms with van der Waals surface area (Å²) in [7, 11) is 0. The van der Waals surface area contributed by atoms with Crippen molar-refractivity contribution in [3.05, 3.63) is 48.9 Å². The molecule has 0 bridgehead atoms. The van der Waals surface area contributed by atoms with Gasteiger partial charge in [-0.15, -0.1) is 10.2 Å². The van der Waals surface area contributed by atoms with E-state index in [1.54, 1.807) is 24.9 Å². The van der Waals surface area contributed by atoms with Gasteiger partial charge in [-0.05, 0) is 12.1 Å². The molecular weight excluding hydrogens is 316 g/mol. The Hall–Kier alpha value is -2.74. The van der Waals surface area contributed by atoms with Crippen LogP contribution in [0.4, 0.5) is 0 Å². The van der Waals surface area contributed by atoms with Crippen molar-refractivity contribution in [1.29, 1.82) is 0 Å². The highest BCUT2D eigenvalue weighted by Gasteiger charge is 2.12. The molecule has 4 heterocycles. The summed E-state index contributed by atoms with van der Waals surface area (Å²) >= 11 is 1.34. The van der Waals surface area contributed by atoms with E-state index in [1.165, 1.54) is 11.8 Å². The van der Waals surface area contributed by atoms with Crippen molar-refractivity contribution in [2.45, 2.75) is 11.6 Å². The van der Waals surface area contributed by atoms with Gasteiger partial charge in [0.05, 0.1) is 35.9 Å². The van der Waals surface area contributed by atoms with Crippen LogP contribution in [0.15, 0.2) is 57.0 Å². The third-order valence-corrected chi connectivity index (χ3v) is 4.35. The van der Waals surface area contributed by atoms with Crippen LogP contribution in [0.25, 0.3) is 16.6 Å². The van der Waals surface area contributed by atoms with E-state index >= 15 is 0 Å². The molecule has 0 aliphatic heterocycles. The maximum absolute atomic E-state index is 11.9. The highest BCUT2D eigenvalue weighted by molar-refractivity contribution is 8.00. The fraction of sp³-hybridized carbons (Fsp3) is 0.133. The summed E-state index contributed by atoms with van der Waals surface area (Å²) in [5.41, 5.74) is 2.57. The monoisotopic (exact) mass is 328 g/mol. The number of nitrogens with one attached hydrogen (secondary N) is 1. The Morgan fingerprint density at radius 2 is 2.22 bits per heavy atom. The van der Waals surface area contributed by atoms with E-state index in [0.29, 0.717) is 11.6 Å². The first kappa shape index (κ1) is 13.9. The van der Waals surface area contributed by atoms with Crippen molar-refractivity contribution >= 4 is 34.3 Å². The number of amides is 1. The van der Waals surface area contributed by atoms with E-state index < -0.39 is 0 Å². The molecule has 0 fully saturated rings. The molecule has 0 atom stereocenters. The molecule has 0 radical (unpaired) electrons. The molecule has 0 unspecified atom stereocenters. The molecule has 0 aliphatic carbocycles. The minimum absolute atomic E-state index is 0.0922. The number of hydrogen-bond donors (Lipinski definition) is 1. The number of carbonyl (C=O) groups is 1. The molecule has 1 amide bonds. The molecule has 4 aromatic heterocycles. The third kappa shape index (κ3) is 2.68. The molecule has 0 aromatic carbocycles. The predicted octanol–water partition coefficient (Wildman–Crippen LogP) is 2.48. The zero-order chi connectivity index (χ0) is 15.6. The van der Waals surface area contributed by atoms with Crippen LogP contribution in [0.2, 0.25) is 0 Å². The number of hydrogen-bond acceptors (Lipinski definition) is 6. The number of rotatable bonds is 5. The molecular formula is C15H12N4O3S. The summed E-state index contributed by atoms with van der Waals surface area (Å²) in [6.07, 6.45) is 4.84. The third-order valence-electron chi connectivity index (χ3n) is 3.37. The smallest absolute Gasteiger partial charge is 0.230 e. The summed E-state index contributed by atoms with van der Waals surface area (Å²) in [5.74, 6) is 0.879. The average molecular weight is 328 g/mol. The van der Waals surface area contributed by atoms with Crippen molar-refractivity contribution in [2.75, 3.05) is 5.75 Å². The minimum Gasteiger partial charge on any atom is -0.467 e. The number of thioether (sulfide) groups is 1. The second kappa shape index (κ2) is 5.81. The largest absolute Gasteiger partial charge is 0.467 e. The fourth-order valence-corrected chi connectivity index (χ4v) is 3.08. The number of nitrogens with zero attached hydrogens (tertiary/aromatic N) is 3. The maximum Gasteiger partial charge on any atom is 0.230 e. The van der Waals surface area contributed by atoms with Crippen molar-refractivity contribution in [1.82, 2.24) is 19.9 Å². The number of furan rings is 2. The molecule has 0 saturated heterocycles. The van der Waals surface area contributed by atoms with Gasteiger partial charge < -0.3 is 14.2 Å². The van der Waals surface area contributed by atoms with Gasteiger partial charge in [-0.2, -0.15) is 0 Å². The number of aromatic nitrogens is 3. The molecule has 23 heavy (non-hydrogen) atoms. The zero-order valence-corrected chi connectivity index (χ0v) is 12.7. The van der Waals surface area contributed by atoms with E-state index in [2.05, 4.69) is 15.5 Å². The van der Waals surface area contributed by atoms with Gasteiger partial charge in [0.25, 0.3) is 0 Å². The maximum atomic E-state index is 11.9. The number of carbonyl (C=O) groups excluding carboxylic acids is 1. The van der Waals surface area contributed by atoms with Crippen molar-refractivity contribution in [3.8, 4) is 0 Å². The lowest BCUT2D eigenvalue weighted by molar-refractivity contribution is -0.118. The molecule has 0 spiro atoms. The molecule has 0 saturated carbocycles. The Labute approximate surface area is 134 Å².